The Morgan fingerprint density at radius 2 is 1.56 bits per heavy atom. The van der Waals surface area contributed by atoms with Crippen molar-refractivity contribution in [3.63, 3.8) is 0 Å². The van der Waals surface area contributed by atoms with E-state index in [9.17, 15) is 0 Å². The lowest BCUT2D eigenvalue weighted by molar-refractivity contribution is 0.681. The highest BCUT2D eigenvalue weighted by Gasteiger charge is 2.21. The Bertz CT molecular complexity index is 408. The molecule has 1 aliphatic rings. The molecule has 0 heteroatoms. The van der Waals surface area contributed by atoms with E-state index in [-0.39, 0.29) is 0 Å². The molecule has 0 atom stereocenters. The first-order valence-corrected chi connectivity index (χ1v) is 6.42. The normalized spacial score (nSPS) is 15.9. The number of aryl methyl sites for hydroxylation is 1. The lowest BCUT2D eigenvalue weighted by Gasteiger charge is -2.28. The van der Waals surface area contributed by atoms with Gasteiger partial charge in [-0.05, 0) is 41.4 Å². The average molecular weight is 214 g/mol. The van der Waals surface area contributed by atoms with E-state index in [0.717, 1.165) is 0 Å². The Labute approximate surface area is 99.4 Å². The Morgan fingerprint density at radius 3 is 2.19 bits per heavy atom. The van der Waals surface area contributed by atoms with Gasteiger partial charge in [-0.15, -0.1) is 0 Å². The van der Waals surface area contributed by atoms with Gasteiger partial charge < -0.3 is 0 Å². The van der Waals surface area contributed by atoms with Crippen LogP contribution in [0.1, 0.15) is 45.2 Å². The van der Waals surface area contributed by atoms with E-state index in [4.69, 9.17) is 0 Å². The highest BCUT2D eigenvalue weighted by atomic mass is 14.3. The van der Waals surface area contributed by atoms with Gasteiger partial charge in [0.2, 0.25) is 0 Å². The maximum absolute atomic E-state index is 2.33. The smallest absolute Gasteiger partial charge is 0.0190 e. The van der Waals surface area contributed by atoms with E-state index in [1.807, 2.05) is 0 Å². The topological polar surface area (TPSA) is 0 Å². The molecule has 1 aromatic carbocycles. The number of benzene rings is 1. The fraction of sp³-hybridized carbons (Fsp3) is 0.500. The molecule has 0 N–H and O–H groups in total. The van der Waals surface area contributed by atoms with Crippen molar-refractivity contribution in [1.29, 1.82) is 0 Å². The van der Waals surface area contributed by atoms with Crippen molar-refractivity contribution in [1.82, 2.24) is 0 Å². The zero-order valence-corrected chi connectivity index (χ0v) is 10.9. The summed E-state index contributed by atoms with van der Waals surface area (Å²) in [7, 11) is 0. The highest BCUT2D eigenvalue weighted by Crippen LogP contribution is 2.38. The molecule has 0 aliphatic heterocycles. The zero-order valence-electron chi connectivity index (χ0n) is 10.9. The third-order valence-electron chi connectivity index (χ3n) is 3.59. The van der Waals surface area contributed by atoms with Crippen molar-refractivity contribution in [3.05, 3.63) is 41.0 Å². The van der Waals surface area contributed by atoms with E-state index in [1.165, 1.54) is 24.0 Å². The molecule has 0 saturated carbocycles. The summed E-state index contributed by atoms with van der Waals surface area (Å²) in [5.74, 6) is 1.32. The van der Waals surface area contributed by atoms with Crippen LogP contribution >= 0.6 is 0 Å². The molecule has 2 rings (SSSR count). The van der Waals surface area contributed by atoms with Crippen molar-refractivity contribution >= 4 is 5.57 Å². The highest BCUT2D eigenvalue weighted by molar-refractivity contribution is 5.74. The van der Waals surface area contributed by atoms with Crippen LogP contribution in [0.5, 0.6) is 0 Å². The number of allylic oxidation sites excluding steroid dienone is 2. The second kappa shape index (κ2) is 4.45. The van der Waals surface area contributed by atoms with Gasteiger partial charge in [0.05, 0.1) is 0 Å². The van der Waals surface area contributed by atoms with Gasteiger partial charge in [-0.2, -0.15) is 0 Å². The van der Waals surface area contributed by atoms with Crippen molar-refractivity contribution < 1.29 is 0 Å². The molecule has 0 saturated heterocycles. The molecule has 1 aromatic rings. The summed E-state index contributed by atoms with van der Waals surface area (Å²) in [6.45, 7) is 9.29. The second-order valence-corrected chi connectivity index (χ2v) is 5.41. The number of rotatable bonds is 2. The first-order valence-electron chi connectivity index (χ1n) is 6.42. The molecule has 0 heterocycles. The molecule has 0 fully saturated rings. The molecule has 0 amide bonds. The summed E-state index contributed by atoms with van der Waals surface area (Å²) >= 11 is 0. The Morgan fingerprint density at radius 1 is 0.875 bits per heavy atom. The first kappa shape index (κ1) is 11.4. The number of fused-ring (bicyclic) bond motifs is 1. The first-order chi connectivity index (χ1) is 7.61. The predicted octanol–water partition coefficient (Wildman–Crippen LogP) is 4.70. The SMILES string of the molecule is CC(C)C1=C(C(C)C)c2ccccc2CC1. The zero-order chi connectivity index (χ0) is 11.7. The van der Waals surface area contributed by atoms with Crippen molar-refractivity contribution in [2.45, 2.75) is 40.5 Å². The summed E-state index contributed by atoms with van der Waals surface area (Å²) in [6.07, 6.45) is 2.47. The summed E-state index contributed by atoms with van der Waals surface area (Å²) < 4.78 is 0. The largest absolute Gasteiger partial charge is 0.0633 e. The Kier molecular flexibility index (Phi) is 3.18. The van der Waals surface area contributed by atoms with Gasteiger partial charge in [0, 0.05) is 0 Å². The molecular formula is C16H22. The van der Waals surface area contributed by atoms with E-state index in [1.54, 1.807) is 11.1 Å². The monoisotopic (exact) mass is 214 g/mol. The maximum Gasteiger partial charge on any atom is -0.0190 e. The van der Waals surface area contributed by atoms with Crippen LogP contribution in [0.3, 0.4) is 0 Å². The van der Waals surface area contributed by atoms with Gasteiger partial charge in [0.25, 0.3) is 0 Å². The quantitative estimate of drug-likeness (QED) is 0.669. The van der Waals surface area contributed by atoms with E-state index < -0.39 is 0 Å². The molecular weight excluding hydrogens is 192 g/mol. The molecule has 16 heavy (non-hydrogen) atoms. The molecule has 1 aliphatic carbocycles. The van der Waals surface area contributed by atoms with E-state index in [0.29, 0.717) is 11.8 Å². The summed E-state index contributed by atoms with van der Waals surface area (Å²) in [4.78, 5) is 0. The van der Waals surface area contributed by atoms with Crippen molar-refractivity contribution in [2.75, 3.05) is 0 Å². The lowest BCUT2D eigenvalue weighted by Crippen LogP contribution is -2.12. The van der Waals surface area contributed by atoms with Gasteiger partial charge in [-0.1, -0.05) is 57.5 Å². The van der Waals surface area contributed by atoms with Crippen LogP contribution in [0, 0.1) is 11.8 Å². The van der Waals surface area contributed by atoms with Crippen LogP contribution in [0.4, 0.5) is 0 Å². The third kappa shape index (κ3) is 1.93. The van der Waals surface area contributed by atoms with Crippen LogP contribution in [-0.4, -0.2) is 0 Å². The minimum absolute atomic E-state index is 0.638. The van der Waals surface area contributed by atoms with Crippen LogP contribution in [0.15, 0.2) is 29.8 Å². The standard InChI is InChI=1S/C16H22/c1-11(2)14-10-9-13-7-5-6-8-15(13)16(14)12(3)4/h5-8,11-12H,9-10H2,1-4H3. The molecule has 0 unspecified atom stereocenters. The maximum atomic E-state index is 2.33. The van der Waals surface area contributed by atoms with E-state index in [2.05, 4.69) is 52.0 Å². The molecule has 0 spiro atoms. The Balaban J connectivity index is 2.58. The van der Waals surface area contributed by atoms with Crippen molar-refractivity contribution in [2.24, 2.45) is 11.8 Å². The molecule has 0 radical (unpaired) electrons. The fourth-order valence-corrected chi connectivity index (χ4v) is 2.86. The van der Waals surface area contributed by atoms with Crippen LogP contribution in [-0.2, 0) is 6.42 Å². The predicted molar refractivity (Wildman–Crippen MR) is 71.4 cm³/mol. The minimum Gasteiger partial charge on any atom is -0.0633 e. The molecule has 0 bridgehead atoms. The third-order valence-corrected chi connectivity index (χ3v) is 3.59. The summed E-state index contributed by atoms with van der Waals surface area (Å²) in [5.41, 5.74) is 6.33. The van der Waals surface area contributed by atoms with Crippen LogP contribution in [0.2, 0.25) is 0 Å². The molecule has 0 aromatic heterocycles. The fourth-order valence-electron chi connectivity index (χ4n) is 2.86. The van der Waals surface area contributed by atoms with Gasteiger partial charge >= 0.3 is 0 Å². The van der Waals surface area contributed by atoms with Gasteiger partial charge in [-0.3, -0.25) is 0 Å². The second-order valence-electron chi connectivity index (χ2n) is 5.41. The van der Waals surface area contributed by atoms with Gasteiger partial charge in [-0.25, -0.2) is 0 Å². The minimum atomic E-state index is 0.638. The molecule has 0 nitrogen and oxygen atoms in total. The lowest BCUT2D eigenvalue weighted by atomic mass is 9.77. The molecule has 86 valence electrons. The van der Waals surface area contributed by atoms with E-state index >= 15 is 0 Å². The summed E-state index contributed by atoms with van der Waals surface area (Å²) in [5, 5.41) is 0. The van der Waals surface area contributed by atoms with Gasteiger partial charge in [0.1, 0.15) is 0 Å². The Hall–Kier alpha value is -1.04. The average Bonchev–Trinajstić information content (AvgIpc) is 2.27. The van der Waals surface area contributed by atoms with Crippen molar-refractivity contribution in [3.8, 4) is 0 Å². The summed E-state index contributed by atoms with van der Waals surface area (Å²) in [6, 6.07) is 8.92. The van der Waals surface area contributed by atoms with Crippen LogP contribution < -0.4 is 0 Å². The van der Waals surface area contributed by atoms with Gasteiger partial charge in [0.15, 0.2) is 0 Å². The number of hydrogen-bond donors (Lipinski definition) is 0. The van der Waals surface area contributed by atoms with Crippen LogP contribution in [0.25, 0.3) is 5.57 Å². The number of hydrogen-bond acceptors (Lipinski definition) is 0.